The van der Waals surface area contributed by atoms with Gasteiger partial charge in [0.05, 0.1) is 16.4 Å². The number of carbonyl (C=O) groups excluding carboxylic acids is 1. The van der Waals surface area contributed by atoms with Crippen molar-refractivity contribution in [1.82, 2.24) is 9.62 Å². The average Bonchev–Trinajstić information content (AvgIpc) is 2.60. The molecule has 0 spiro atoms. The van der Waals surface area contributed by atoms with Gasteiger partial charge in [-0.2, -0.15) is 4.31 Å². The molecule has 2 N–H and O–H groups in total. The molecular formula is C19H28N2O5S. The van der Waals surface area contributed by atoms with Gasteiger partial charge in [-0.3, -0.25) is 9.59 Å². The van der Waals surface area contributed by atoms with Crippen molar-refractivity contribution in [2.75, 3.05) is 7.05 Å². The van der Waals surface area contributed by atoms with Gasteiger partial charge in [0.1, 0.15) is 0 Å². The topological polar surface area (TPSA) is 104 Å². The van der Waals surface area contributed by atoms with Crippen molar-refractivity contribution in [2.24, 2.45) is 5.92 Å². The van der Waals surface area contributed by atoms with Crippen LogP contribution in [-0.4, -0.2) is 48.3 Å². The summed E-state index contributed by atoms with van der Waals surface area (Å²) in [5.41, 5.74) is -0.513. The molecule has 1 amide bonds. The van der Waals surface area contributed by atoms with Gasteiger partial charge in [0.25, 0.3) is 5.91 Å². The number of rotatable bonds is 6. The first-order chi connectivity index (χ1) is 12.5. The van der Waals surface area contributed by atoms with Crippen molar-refractivity contribution >= 4 is 21.9 Å². The number of carbonyl (C=O) groups is 2. The number of nitrogens with zero attached hydrogens (tertiary/aromatic N) is 1. The number of nitrogens with one attached hydrogen (secondary N) is 1. The molecule has 0 saturated heterocycles. The summed E-state index contributed by atoms with van der Waals surface area (Å²) in [6, 6.07) is 5.54. The molecule has 2 unspecified atom stereocenters. The first-order valence-electron chi connectivity index (χ1n) is 9.12. The number of hydrogen-bond acceptors (Lipinski definition) is 4. The number of amides is 1. The normalized spacial score (nSPS) is 23.4. The van der Waals surface area contributed by atoms with Gasteiger partial charge in [0.2, 0.25) is 10.0 Å². The van der Waals surface area contributed by atoms with Crippen LogP contribution in [0.2, 0.25) is 0 Å². The van der Waals surface area contributed by atoms with Gasteiger partial charge in [0.15, 0.2) is 0 Å². The lowest BCUT2D eigenvalue weighted by Crippen LogP contribution is -2.55. The average molecular weight is 397 g/mol. The van der Waals surface area contributed by atoms with Crippen LogP contribution in [0.1, 0.15) is 56.8 Å². The summed E-state index contributed by atoms with van der Waals surface area (Å²) < 4.78 is 26.3. The molecule has 0 aromatic heterocycles. The second-order valence-electron chi connectivity index (χ2n) is 7.65. The maximum Gasteiger partial charge on any atom is 0.308 e. The minimum atomic E-state index is -3.62. The fourth-order valence-corrected chi connectivity index (χ4v) is 4.80. The second kappa shape index (κ2) is 7.98. The molecule has 2 rings (SSSR count). The minimum Gasteiger partial charge on any atom is -0.481 e. The van der Waals surface area contributed by atoms with Gasteiger partial charge in [-0.15, -0.1) is 0 Å². The highest BCUT2D eigenvalue weighted by molar-refractivity contribution is 7.89. The highest BCUT2D eigenvalue weighted by atomic mass is 32.2. The predicted molar refractivity (Wildman–Crippen MR) is 102 cm³/mol. The molecule has 150 valence electrons. The maximum atomic E-state index is 12.6. The van der Waals surface area contributed by atoms with E-state index in [0.29, 0.717) is 18.4 Å². The van der Waals surface area contributed by atoms with Gasteiger partial charge in [-0.05, 0) is 57.9 Å². The smallest absolute Gasteiger partial charge is 0.308 e. The van der Waals surface area contributed by atoms with Gasteiger partial charge >= 0.3 is 5.97 Å². The molecule has 0 heterocycles. The van der Waals surface area contributed by atoms with Crippen LogP contribution in [-0.2, 0) is 14.8 Å². The van der Waals surface area contributed by atoms with Crippen LogP contribution >= 0.6 is 0 Å². The minimum absolute atomic E-state index is 0.113. The van der Waals surface area contributed by atoms with E-state index in [-0.39, 0.29) is 10.9 Å². The lowest BCUT2D eigenvalue weighted by Gasteiger charge is -2.39. The van der Waals surface area contributed by atoms with Gasteiger partial charge in [-0.25, -0.2) is 8.42 Å². The molecule has 1 fully saturated rings. The molecule has 0 aliphatic heterocycles. The Bertz CT molecular complexity index is 804. The Kier molecular flexibility index (Phi) is 6.32. The van der Waals surface area contributed by atoms with Crippen molar-refractivity contribution in [2.45, 2.75) is 62.9 Å². The molecule has 1 aliphatic rings. The van der Waals surface area contributed by atoms with E-state index >= 15 is 0 Å². The lowest BCUT2D eigenvalue weighted by atomic mass is 9.73. The summed E-state index contributed by atoms with van der Waals surface area (Å²) in [5, 5.41) is 12.3. The molecule has 1 aromatic carbocycles. The van der Waals surface area contributed by atoms with E-state index in [0.717, 1.165) is 12.8 Å². The van der Waals surface area contributed by atoms with Crippen LogP contribution in [0.25, 0.3) is 0 Å². The first-order valence-corrected chi connectivity index (χ1v) is 10.6. The third-order valence-corrected chi connectivity index (χ3v) is 7.47. The summed E-state index contributed by atoms with van der Waals surface area (Å²) in [6.07, 6.45) is 2.82. The number of carboxylic acid groups (broad SMARTS) is 1. The zero-order chi connectivity index (χ0) is 20.4. The van der Waals surface area contributed by atoms with Gasteiger partial charge in [0, 0.05) is 18.7 Å². The molecule has 7 nitrogen and oxygen atoms in total. The molecular weight excluding hydrogens is 368 g/mol. The van der Waals surface area contributed by atoms with Crippen LogP contribution in [0.5, 0.6) is 0 Å². The molecule has 2 atom stereocenters. The van der Waals surface area contributed by atoms with E-state index in [2.05, 4.69) is 5.32 Å². The Balaban J connectivity index is 2.19. The molecule has 1 saturated carbocycles. The number of sulfonamides is 1. The number of hydrogen-bond donors (Lipinski definition) is 2. The lowest BCUT2D eigenvalue weighted by molar-refractivity contribution is -0.145. The molecule has 1 aromatic rings. The molecule has 8 heteroatoms. The van der Waals surface area contributed by atoms with Crippen LogP contribution < -0.4 is 5.32 Å². The third kappa shape index (κ3) is 4.50. The zero-order valence-electron chi connectivity index (χ0n) is 16.2. The Morgan fingerprint density at radius 2 is 1.81 bits per heavy atom. The Morgan fingerprint density at radius 1 is 1.22 bits per heavy atom. The quantitative estimate of drug-likeness (QED) is 0.769. The second-order valence-corrected chi connectivity index (χ2v) is 9.65. The van der Waals surface area contributed by atoms with Crippen LogP contribution in [0.4, 0.5) is 0 Å². The zero-order valence-corrected chi connectivity index (χ0v) is 17.0. The van der Waals surface area contributed by atoms with Crippen LogP contribution in [0.3, 0.4) is 0 Å². The molecule has 27 heavy (non-hydrogen) atoms. The van der Waals surface area contributed by atoms with E-state index in [1.807, 2.05) is 0 Å². The standard InChI is InChI=1S/C19H28N2O5S/c1-13(2)21(4)27(25,26)15-10-8-14(9-11-15)17(22)20-19(3)12-6-5-7-16(19)18(23)24/h8-11,13,16H,5-7,12H2,1-4H3,(H,20,22)(H,23,24). The molecule has 1 aliphatic carbocycles. The molecule has 0 radical (unpaired) electrons. The number of carboxylic acids is 1. The van der Waals surface area contributed by atoms with E-state index in [1.165, 1.54) is 35.6 Å². The summed E-state index contributed by atoms with van der Waals surface area (Å²) in [6.45, 7) is 5.32. The Hall–Kier alpha value is -1.93. The Morgan fingerprint density at radius 3 is 2.33 bits per heavy atom. The fourth-order valence-electron chi connectivity index (χ4n) is 3.43. The van der Waals surface area contributed by atoms with Crippen molar-refractivity contribution in [3.63, 3.8) is 0 Å². The summed E-state index contributed by atoms with van der Waals surface area (Å²) in [7, 11) is -2.11. The summed E-state index contributed by atoms with van der Waals surface area (Å²) in [4.78, 5) is 24.3. The van der Waals surface area contributed by atoms with E-state index in [9.17, 15) is 23.1 Å². The number of benzene rings is 1. The van der Waals surface area contributed by atoms with Crippen molar-refractivity contribution in [3.8, 4) is 0 Å². The Labute approximate surface area is 160 Å². The highest BCUT2D eigenvalue weighted by Gasteiger charge is 2.42. The van der Waals surface area contributed by atoms with Crippen molar-refractivity contribution < 1.29 is 23.1 Å². The molecule has 0 bridgehead atoms. The number of aliphatic carboxylic acids is 1. The monoisotopic (exact) mass is 396 g/mol. The first kappa shape index (κ1) is 21.4. The summed E-state index contributed by atoms with van der Waals surface area (Å²) in [5.74, 6) is -1.93. The largest absolute Gasteiger partial charge is 0.481 e. The van der Waals surface area contributed by atoms with Crippen molar-refractivity contribution in [1.29, 1.82) is 0 Å². The van der Waals surface area contributed by atoms with Crippen molar-refractivity contribution in [3.05, 3.63) is 29.8 Å². The van der Waals surface area contributed by atoms with Gasteiger partial charge < -0.3 is 10.4 Å². The summed E-state index contributed by atoms with van der Waals surface area (Å²) >= 11 is 0. The SMILES string of the molecule is CC(C)N(C)S(=O)(=O)c1ccc(C(=O)NC2(C)CCCCC2C(=O)O)cc1. The fraction of sp³-hybridized carbons (Fsp3) is 0.579. The predicted octanol–water partition coefficient (Wildman–Crippen LogP) is 2.48. The van der Waals surface area contributed by atoms with E-state index < -0.39 is 33.4 Å². The maximum absolute atomic E-state index is 12.6. The van der Waals surface area contributed by atoms with E-state index in [4.69, 9.17) is 0 Å². The van der Waals surface area contributed by atoms with Crippen LogP contribution in [0, 0.1) is 5.92 Å². The third-order valence-electron chi connectivity index (χ3n) is 5.43. The van der Waals surface area contributed by atoms with Gasteiger partial charge in [-0.1, -0.05) is 12.8 Å². The highest BCUT2D eigenvalue weighted by Crippen LogP contribution is 2.34. The van der Waals surface area contributed by atoms with Crippen LogP contribution in [0.15, 0.2) is 29.2 Å². The van der Waals surface area contributed by atoms with E-state index in [1.54, 1.807) is 20.8 Å².